The first-order valence-electron chi connectivity index (χ1n) is 4.72. The van der Waals surface area contributed by atoms with Crippen LogP contribution in [-0.4, -0.2) is 25.8 Å². The van der Waals surface area contributed by atoms with Crippen molar-refractivity contribution in [3.8, 4) is 5.69 Å². The molecule has 0 radical (unpaired) electrons. The van der Waals surface area contributed by atoms with Gasteiger partial charge in [-0.1, -0.05) is 17.7 Å². The van der Waals surface area contributed by atoms with Crippen molar-refractivity contribution in [3.05, 3.63) is 55.8 Å². The maximum Gasteiger partial charge on any atom is 0.362 e. The second-order valence-electron chi connectivity index (χ2n) is 3.30. The van der Waals surface area contributed by atoms with Gasteiger partial charge < -0.3 is 5.11 Å². The number of H-pyrrole nitrogens is 1. The van der Waals surface area contributed by atoms with Crippen molar-refractivity contribution in [2.75, 3.05) is 0 Å². The van der Waals surface area contributed by atoms with Crippen LogP contribution in [0.15, 0.2) is 33.9 Å². The quantitative estimate of drug-likeness (QED) is 0.813. The van der Waals surface area contributed by atoms with Gasteiger partial charge in [-0.25, -0.2) is 9.59 Å². The second kappa shape index (κ2) is 4.46. The van der Waals surface area contributed by atoms with Crippen LogP contribution in [0.4, 0.5) is 0 Å². The van der Waals surface area contributed by atoms with Gasteiger partial charge in [-0.2, -0.15) is 9.78 Å². The van der Waals surface area contributed by atoms with Gasteiger partial charge in [0.25, 0.3) is 5.56 Å². The van der Waals surface area contributed by atoms with Gasteiger partial charge in [0.2, 0.25) is 5.69 Å². The van der Waals surface area contributed by atoms with Crippen LogP contribution < -0.4 is 11.2 Å². The first-order valence-corrected chi connectivity index (χ1v) is 5.10. The minimum atomic E-state index is -1.52. The molecule has 8 heteroatoms. The summed E-state index contributed by atoms with van der Waals surface area (Å²) in [4.78, 5) is 35.4. The van der Waals surface area contributed by atoms with Crippen LogP contribution >= 0.6 is 11.6 Å². The monoisotopic (exact) mass is 267 g/mol. The average molecular weight is 268 g/mol. The molecular formula is C10H6ClN3O4. The normalized spacial score (nSPS) is 10.3. The van der Waals surface area contributed by atoms with Crippen molar-refractivity contribution in [2.24, 2.45) is 0 Å². The fourth-order valence-electron chi connectivity index (χ4n) is 1.32. The van der Waals surface area contributed by atoms with E-state index < -0.39 is 22.9 Å². The molecule has 18 heavy (non-hydrogen) atoms. The summed E-state index contributed by atoms with van der Waals surface area (Å²) in [6.45, 7) is 0. The Morgan fingerprint density at radius 3 is 2.72 bits per heavy atom. The summed E-state index contributed by atoms with van der Waals surface area (Å²) in [5, 5.41) is 12.6. The zero-order valence-electron chi connectivity index (χ0n) is 8.75. The van der Waals surface area contributed by atoms with Crippen LogP contribution in [0, 0.1) is 0 Å². The molecule has 0 saturated carbocycles. The molecule has 0 atom stereocenters. The number of rotatable bonds is 2. The molecule has 0 aliphatic heterocycles. The molecule has 1 aromatic carbocycles. The Hall–Kier alpha value is -2.41. The number of nitrogens with zero attached hydrogens (tertiary/aromatic N) is 2. The van der Waals surface area contributed by atoms with Crippen LogP contribution in [0.5, 0.6) is 0 Å². The van der Waals surface area contributed by atoms with Crippen LogP contribution in [-0.2, 0) is 0 Å². The predicted octanol–water partition coefficient (Wildman–Crippen LogP) is 0.272. The number of aromatic carboxylic acids is 1. The Morgan fingerprint density at radius 2 is 2.11 bits per heavy atom. The van der Waals surface area contributed by atoms with Crippen molar-refractivity contribution < 1.29 is 9.90 Å². The van der Waals surface area contributed by atoms with E-state index in [0.29, 0.717) is 5.02 Å². The van der Waals surface area contributed by atoms with E-state index in [0.717, 1.165) is 4.68 Å². The highest BCUT2D eigenvalue weighted by molar-refractivity contribution is 6.30. The molecule has 0 saturated heterocycles. The van der Waals surface area contributed by atoms with Crippen LogP contribution in [0.25, 0.3) is 5.69 Å². The van der Waals surface area contributed by atoms with Gasteiger partial charge in [-0.15, -0.1) is 0 Å². The Kier molecular flexibility index (Phi) is 2.99. The number of carboxylic acids is 1. The van der Waals surface area contributed by atoms with Gasteiger partial charge >= 0.3 is 11.7 Å². The molecule has 1 aromatic heterocycles. The topological polar surface area (TPSA) is 105 Å². The number of hydrogen-bond donors (Lipinski definition) is 2. The number of carbonyl (C=O) groups is 1. The SMILES string of the molecule is O=C(O)c1nn(-c2cccc(Cl)c2)c(=O)[nH]c1=O. The molecule has 92 valence electrons. The smallest absolute Gasteiger partial charge is 0.362 e. The largest absolute Gasteiger partial charge is 0.476 e. The van der Waals surface area contributed by atoms with E-state index in [1.165, 1.54) is 12.1 Å². The van der Waals surface area contributed by atoms with Crippen LogP contribution in [0.3, 0.4) is 0 Å². The predicted molar refractivity (Wildman–Crippen MR) is 62.4 cm³/mol. The van der Waals surface area contributed by atoms with Crippen LogP contribution in [0.1, 0.15) is 10.5 Å². The van der Waals surface area contributed by atoms with Gasteiger partial charge in [0.1, 0.15) is 0 Å². The molecule has 2 aromatic rings. The zero-order chi connectivity index (χ0) is 13.3. The average Bonchev–Trinajstić information content (AvgIpc) is 2.28. The van der Waals surface area contributed by atoms with Gasteiger partial charge in [-0.3, -0.25) is 9.78 Å². The van der Waals surface area contributed by atoms with E-state index in [-0.39, 0.29) is 5.69 Å². The molecule has 0 spiro atoms. The highest BCUT2D eigenvalue weighted by Gasteiger charge is 2.14. The third kappa shape index (κ3) is 2.16. The summed E-state index contributed by atoms with van der Waals surface area (Å²) in [7, 11) is 0. The van der Waals surface area contributed by atoms with Gasteiger partial charge in [0.15, 0.2) is 0 Å². The Morgan fingerprint density at radius 1 is 1.39 bits per heavy atom. The molecule has 0 bridgehead atoms. The first kappa shape index (κ1) is 12.1. The fourth-order valence-corrected chi connectivity index (χ4v) is 1.51. The van der Waals surface area contributed by atoms with Crippen molar-refractivity contribution in [1.82, 2.24) is 14.8 Å². The summed E-state index contributed by atoms with van der Waals surface area (Å²) in [5.74, 6) is -1.52. The van der Waals surface area contributed by atoms with Gasteiger partial charge in [0.05, 0.1) is 5.69 Å². The first-order chi connectivity index (χ1) is 8.49. The number of halogens is 1. The Bertz CT molecular complexity index is 734. The van der Waals surface area contributed by atoms with Crippen molar-refractivity contribution in [2.45, 2.75) is 0 Å². The molecule has 0 fully saturated rings. The molecule has 0 aliphatic carbocycles. The fraction of sp³-hybridized carbons (Fsp3) is 0. The van der Waals surface area contributed by atoms with E-state index in [1.54, 1.807) is 12.1 Å². The van der Waals surface area contributed by atoms with E-state index in [9.17, 15) is 14.4 Å². The summed E-state index contributed by atoms with van der Waals surface area (Å²) < 4.78 is 0.761. The lowest BCUT2D eigenvalue weighted by Crippen LogP contribution is -2.35. The lowest BCUT2D eigenvalue weighted by molar-refractivity contribution is 0.0685. The summed E-state index contributed by atoms with van der Waals surface area (Å²) in [6, 6.07) is 6.07. The molecule has 1 heterocycles. The number of hydrogen-bond acceptors (Lipinski definition) is 4. The standard InChI is InChI=1S/C10H6ClN3O4/c11-5-2-1-3-6(4-5)14-10(18)12-8(15)7(13-14)9(16)17/h1-4H,(H,16,17)(H,12,15,18). The van der Waals surface area contributed by atoms with Crippen molar-refractivity contribution >= 4 is 17.6 Å². The minimum Gasteiger partial charge on any atom is -0.476 e. The molecule has 0 aliphatic rings. The molecule has 2 rings (SSSR count). The second-order valence-corrected chi connectivity index (χ2v) is 3.74. The number of nitrogens with one attached hydrogen (secondary N) is 1. The molecule has 2 N–H and O–H groups in total. The van der Waals surface area contributed by atoms with Crippen LogP contribution in [0.2, 0.25) is 5.02 Å². The lowest BCUT2D eigenvalue weighted by Gasteiger charge is -2.04. The number of benzene rings is 1. The summed E-state index contributed by atoms with van der Waals surface area (Å²) in [6.07, 6.45) is 0. The van der Waals surface area contributed by atoms with Crippen molar-refractivity contribution in [3.63, 3.8) is 0 Å². The van der Waals surface area contributed by atoms with Gasteiger partial charge in [0, 0.05) is 5.02 Å². The Balaban J connectivity index is 2.72. The summed E-state index contributed by atoms with van der Waals surface area (Å²) in [5.41, 5.74) is -2.40. The lowest BCUT2D eigenvalue weighted by atomic mass is 10.3. The van der Waals surface area contributed by atoms with Gasteiger partial charge in [-0.05, 0) is 18.2 Å². The third-order valence-electron chi connectivity index (χ3n) is 2.08. The Labute approximate surface area is 104 Å². The van der Waals surface area contributed by atoms with E-state index >= 15 is 0 Å². The highest BCUT2D eigenvalue weighted by atomic mass is 35.5. The minimum absolute atomic E-state index is 0.256. The highest BCUT2D eigenvalue weighted by Crippen LogP contribution is 2.12. The van der Waals surface area contributed by atoms with Crippen molar-refractivity contribution in [1.29, 1.82) is 0 Å². The molecule has 7 nitrogen and oxygen atoms in total. The van der Waals surface area contributed by atoms with E-state index in [1.807, 2.05) is 4.98 Å². The third-order valence-corrected chi connectivity index (χ3v) is 2.32. The number of carboxylic acid groups (broad SMARTS) is 1. The summed E-state index contributed by atoms with van der Waals surface area (Å²) >= 11 is 5.75. The molecule has 0 amide bonds. The maximum absolute atomic E-state index is 11.5. The van der Waals surface area contributed by atoms with E-state index in [4.69, 9.17) is 16.7 Å². The molecule has 0 unspecified atom stereocenters. The number of aromatic amines is 1. The molecular weight excluding hydrogens is 262 g/mol. The van der Waals surface area contributed by atoms with E-state index in [2.05, 4.69) is 5.10 Å². The number of aromatic nitrogens is 3. The maximum atomic E-state index is 11.5. The zero-order valence-corrected chi connectivity index (χ0v) is 9.51.